The molecular formula is C15H18O3. The van der Waals surface area contributed by atoms with Crippen molar-refractivity contribution in [3.05, 3.63) is 47.7 Å². The van der Waals surface area contributed by atoms with Gasteiger partial charge < -0.3 is 14.2 Å². The van der Waals surface area contributed by atoms with Crippen LogP contribution < -0.4 is 0 Å². The summed E-state index contributed by atoms with van der Waals surface area (Å²) in [6.07, 6.45) is 5.73. The summed E-state index contributed by atoms with van der Waals surface area (Å²) in [6, 6.07) is 8.41. The number of hydrogen-bond acceptors (Lipinski definition) is 3. The molecule has 0 aromatic heterocycles. The number of methoxy groups -OCH3 is 1. The Morgan fingerprint density at radius 2 is 2.06 bits per heavy atom. The lowest BCUT2D eigenvalue weighted by atomic mass is 9.79. The van der Waals surface area contributed by atoms with Gasteiger partial charge in [0.05, 0.1) is 26.6 Å². The number of benzene rings is 1. The van der Waals surface area contributed by atoms with Crippen LogP contribution in [0, 0.1) is 5.92 Å². The summed E-state index contributed by atoms with van der Waals surface area (Å²) in [7, 11) is 1.67. The molecule has 1 saturated heterocycles. The minimum absolute atomic E-state index is 0.401. The minimum atomic E-state index is -0.530. The molecule has 3 nitrogen and oxygen atoms in total. The average Bonchev–Trinajstić information content (AvgIpc) is 2.86. The highest BCUT2D eigenvalue weighted by molar-refractivity contribution is 5.35. The Labute approximate surface area is 107 Å². The Morgan fingerprint density at radius 3 is 2.83 bits per heavy atom. The van der Waals surface area contributed by atoms with Crippen molar-refractivity contribution in [1.29, 1.82) is 0 Å². The zero-order valence-electron chi connectivity index (χ0n) is 10.6. The molecule has 1 fully saturated rings. The van der Waals surface area contributed by atoms with Gasteiger partial charge in [0, 0.05) is 12.0 Å². The fourth-order valence-electron chi connectivity index (χ4n) is 2.93. The second kappa shape index (κ2) is 4.75. The van der Waals surface area contributed by atoms with Crippen LogP contribution in [0.1, 0.15) is 17.5 Å². The molecule has 1 aliphatic carbocycles. The van der Waals surface area contributed by atoms with E-state index in [1.807, 2.05) is 0 Å². The molecule has 0 N–H and O–H groups in total. The van der Waals surface area contributed by atoms with Crippen LogP contribution in [0.2, 0.25) is 0 Å². The first kappa shape index (κ1) is 11.8. The Morgan fingerprint density at radius 1 is 1.28 bits per heavy atom. The molecule has 1 spiro atoms. The molecule has 1 aromatic carbocycles. The standard InChI is InChI=1S/C15H18O3/c1-16-7-6-12-10-13-4-2-3-5-14(13)15(11-12)17-8-9-18-15/h2-7,12H,8-11H2,1H3/b7-6+. The summed E-state index contributed by atoms with van der Waals surface area (Å²) < 4.78 is 16.9. The molecule has 1 heterocycles. The lowest BCUT2D eigenvalue weighted by molar-refractivity contribution is -0.181. The molecule has 0 radical (unpaired) electrons. The van der Waals surface area contributed by atoms with Crippen LogP contribution in [0.5, 0.6) is 0 Å². The van der Waals surface area contributed by atoms with Gasteiger partial charge in [0.2, 0.25) is 0 Å². The van der Waals surface area contributed by atoms with Crippen LogP contribution >= 0.6 is 0 Å². The number of ether oxygens (including phenoxy) is 3. The van der Waals surface area contributed by atoms with Gasteiger partial charge in [0.1, 0.15) is 0 Å². The summed E-state index contributed by atoms with van der Waals surface area (Å²) in [6.45, 7) is 1.35. The lowest BCUT2D eigenvalue weighted by Gasteiger charge is -2.37. The number of rotatable bonds is 2. The summed E-state index contributed by atoms with van der Waals surface area (Å²) >= 11 is 0. The zero-order valence-corrected chi connectivity index (χ0v) is 10.6. The van der Waals surface area contributed by atoms with Crippen LogP contribution in [0.25, 0.3) is 0 Å². The van der Waals surface area contributed by atoms with E-state index in [0.717, 1.165) is 12.8 Å². The van der Waals surface area contributed by atoms with E-state index >= 15 is 0 Å². The highest BCUT2D eigenvalue weighted by Crippen LogP contribution is 2.44. The Balaban J connectivity index is 1.96. The third-order valence-electron chi connectivity index (χ3n) is 3.68. The van der Waals surface area contributed by atoms with Gasteiger partial charge in [-0.1, -0.05) is 24.3 Å². The van der Waals surface area contributed by atoms with Gasteiger partial charge in [0.15, 0.2) is 5.79 Å². The largest absolute Gasteiger partial charge is 0.505 e. The third kappa shape index (κ3) is 1.93. The molecule has 0 saturated carbocycles. The summed E-state index contributed by atoms with van der Waals surface area (Å²) in [5, 5.41) is 0. The van der Waals surface area contributed by atoms with E-state index in [1.54, 1.807) is 13.4 Å². The molecule has 96 valence electrons. The van der Waals surface area contributed by atoms with E-state index in [1.165, 1.54) is 11.1 Å². The number of fused-ring (bicyclic) bond motifs is 2. The fourth-order valence-corrected chi connectivity index (χ4v) is 2.93. The molecule has 18 heavy (non-hydrogen) atoms. The second-order valence-corrected chi connectivity index (χ2v) is 4.84. The maximum absolute atomic E-state index is 5.92. The van der Waals surface area contributed by atoms with Crippen molar-refractivity contribution >= 4 is 0 Å². The molecule has 1 unspecified atom stereocenters. The molecule has 3 rings (SSSR count). The maximum atomic E-state index is 5.92. The predicted molar refractivity (Wildman–Crippen MR) is 68.0 cm³/mol. The Kier molecular flexibility index (Phi) is 3.10. The molecule has 1 aromatic rings. The third-order valence-corrected chi connectivity index (χ3v) is 3.68. The van der Waals surface area contributed by atoms with Gasteiger partial charge in [-0.05, 0) is 24.0 Å². The molecule has 0 bridgehead atoms. The van der Waals surface area contributed by atoms with Crippen molar-refractivity contribution < 1.29 is 14.2 Å². The quantitative estimate of drug-likeness (QED) is 0.751. The molecular weight excluding hydrogens is 228 g/mol. The van der Waals surface area contributed by atoms with E-state index in [4.69, 9.17) is 14.2 Å². The van der Waals surface area contributed by atoms with Crippen molar-refractivity contribution in [3.63, 3.8) is 0 Å². The minimum Gasteiger partial charge on any atom is -0.505 e. The summed E-state index contributed by atoms with van der Waals surface area (Å²) in [5.41, 5.74) is 2.51. The van der Waals surface area contributed by atoms with Crippen molar-refractivity contribution in [2.75, 3.05) is 20.3 Å². The number of hydrogen-bond donors (Lipinski definition) is 0. The van der Waals surface area contributed by atoms with Crippen LogP contribution in [-0.2, 0) is 26.4 Å². The smallest absolute Gasteiger partial charge is 0.195 e. The van der Waals surface area contributed by atoms with Gasteiger partial charge in [-0.25, -0.2) is 0 Å². The van der Waals surface area contributed by atoms with Crippen molar-refractivity contribution in [1.82, 2.24) is 0 Å². The highest BCUT2D eigenvalue weighted by atomic mass is 16.7. The first-order valence-corrected chi connectivity index (χ1v) is 6.40. The van der Waals surface area contributed by atoms with Crippen LogP contribution in [0.15, 0.2) is 36.6 Å². The molecule has 2 aliphatic rings. The van der Waals surface area contributed by atoms with E-state index < -0.39 is 5.79 Å². The number of allylic oxidation sites excluding steroid dienone is 1. The van der Waals surface area contributed by atoms with Gasteiger partial charge in [0.25, 0.3) is 0 Å². The van der Waals surface area contributed by atoms with E-state index in [-0.39, 0.29) is 0 Å². The topological polar surface area (TPSA) is 27.7 Å². The van der Waals surface area contributed by atoms with Crippen molar-refractivity contribution in [2.45, 2.75) is 18.6 Å². The first-order chi connectivity index (χ1) is 8.84. The molecule has 1 aliphatic heterocycles. The van der Waals surface area contributed by atoms with Gasteiger partial charge in [-0.2, -0.15) is 0 Å². The zero-order chi connectivity index (χ0) is 12.4. The first-order valence-electron chi connectivity index (χ1n) is 6.40. The van der Waals surface area contributed by atoms with E-state index in [2.05, 4.69) is 30.3 Å². The van der Waals surface area contributed by atoms with Gasteiger partial charge >= 0.3 is 0 Å². The van der Waals surface area contributed by atoms with E-state index in [0.29, 0.717) is 19.1 Å². The van der Waals surface area contributed by atoms with E-state index in [9.17, 15) is 0 Å². The van der Waals surface area contributed by atoms with Crippen LogP contribution in [-0.4, -0.2) is 20.3 Å². The SMILES string of the molecule is CO/C=C/C1Cc2ccccc2C2(C1)OCCO2. The fraction of sp³-hybridized carbons (Fsp3) is 0.467. The van der Waals surface area contributed by atoms with Gasteiger partial charge in [-0.3, -0.25) is 0 Å². The normalized spacial score (nSPS) is 25.5. The second-order valence-electron chi connectivity index (χ2n) is 4.84. The van der Waals surface area contributed by atoms with Crippen LogP contribution in [0.3, 0.4) is 0 Å². The van der Waals surface area contributed by atoms with Crippen LogP contribution in [0.4, 0.5) is 0 Å². The lowest BCUT2D eigenvalue weighted by Crippen LogP contribution is -2.35. The molecule has 3 heteroatoms. The highest BCUT2D eigenvalue weighted by Gasteiger charge is 2.44. The summed E-state index contributed by atoms with van der Waals surface area (Å²) in [5.74, 6) is -0.129. The Hall–Kier alpha value is -1.32. The monoisotopic (exact) mass is 246 g/mol. The average molecular weight is 246 g/mol. The predicted octanol–water partition coefficient (Wildman–Crippen LogP) is 2.61. The van der Waals surface area contributed by atoms with Crippen molar-refractivity contribution in [2.24, 2.45) is 5.92 Å². The molecule has 0 amide bonds. The summed E-state index contributed by atoms with van der Waals surface area (Å²) in [4.78, 5) is 0. The Bertz CT molecular complexity index is 447. The van der Waals surface area contributed by atoms with Crippen molar-refractivity contribution in [3.8, 4) is 0 Å². The molecule has 1 atom stereocenters. The van der Waals surface area contributed by atoms with Gasteiger partial charge in [-0.15, -0.1) is 0 Å². The maximum Gasteiger partial charge on any atom is 0.195 e.